The summed E-state index contributed by atoms with van der Waals surface area (Å²) in [6.45, 7) is 5.37. The highest BCUT2D eigenvalue weighted by Gasteiger charge is 2.63. The van der Waals surface area contributed by atoms with Gasteiger partial charge in [-0.2, -0.15) is 13.2 Å². The van der Waals surface area contributed by atoms with Crippen molar-refractivity contribution in [2.75, 3.05) is 19.8 Å². The van der Waals surface area contributed by atoms with Crippen LogP contribution in [0.25, 0.3) is 0 Å². The lowest BCUT2D eigenvalue weighted by atomic mass is 9.72. The number of Topliss-reactive ketones (excluding diaryl/α,β-unsaturated/α-hetero) is 1. The van der Waals surface area contributed by atoms with Crippen LogP contribution in [0, 0.1) is 11.8 Å². The smallest absolute Gasteiger partial charge is 0.372 e. The molecule has 1 spiro atoms. The predicted molar refractivity (Wildman–Crippen MR) is 77.1 cm³/mol. The summed E-state index contributed by atoms with van der Waals surface area (Å²) in [7, 11) is 0. The fraction of sp³-hybridized carbons (Fsp3) is 0.938. The van der Waals surface area contributed by atoms with E-state index in [1.807, 2.05) is 20.8 Å². The number of hydrogen-bond acceptors (Lipinski definition) is 4. The van der Waals surface area contributed by atoms with Crippen LogP contribution < -0.4 is 0 Å². The van der Waals surface area contributed by atoms with Gasteiger partial charge in [-0.1, -0.05) is 20.8 Å². The van der Waals surface area contributed by atoms with Gasteiger partial charge in [0.15, 0.2) is 0 Å². The Morgan fingerprint density at radius 2 is 2.00 bits per heavy atom. The summed E-state index contributed by atoms with van der Waals surface area (Å²) in [5.41, 5.74) is -0.223. The van der Waals surface area contributed by atoms with Gasteiger partial charge in [-0.3, -0.25) is 4.79 Å². The fourth-order valence-electron chi connectivity index (χ4n) is 3.36. The van der Waals surface area contributed by atoms with Crippen molar-refractivity contribution in [2.45, 2.75) is 64.0 Å². The van der Waals surface area contributed by atoms with E-state index in [1.165, 1.54) is 0 Å². The van der Waals surface area contributed by atoms with Crippen molar-refractivity contribution in [1.82, 2.24) is 0 Å². The molecule has 3 aliphatic rings. The molecule has 0 N–H and O–H groups in total. The lowest BCUT2D eigenvalue weighted by Gasteiger charge is -2.30. The van der Waals surface area contributed by atoms with Crippen LogP contribution in [-0.4, -0.2) is 49.6 Å². The van der Waals surface area contributed by atoms with Crippen molar-refractivity contribution < 1.29 is 32.2 Å². The van der Waals surface area contributed by atoms with E-state index in [0.717, 1.165) is 6.42 Å². The van der Waals surface area contributed by atoms with Gasteiger partial charge < -0.3 is 14.2 Å². The van der Waals surface area contributed by atoms with Crippen LogP contribution in [0.1, 0.15) is 40.0 Å². The maximum Gasteiger partial charge on any atom is 0.411 e. The van der Waals surface area contributed by atoms with Crippen molar-refractivity contribution in [3.05, 3.63) is 0 Å². The normalized spacial score (nSPS) is 39.0. The number of epoxide rings is 2. The first-order valence-corrected chi connectivity index (χ1v) is 8.27. The molecular weight excluding hydrogens is 313 g/mol. The highest BCUT2D eigenvalue weighted by Crippen LogP contribution is 2.53. The zero-order chi connectivity index (χ0) is 17.3. The van der Waals surface area contributed by atoms with Crippen molar-refractivity contribution in [2.24, 2.45) is 11.8 Å². The molecular formula is C16H25F3O4. The van der Waals surface area contributed by atoms with Gasteiger partial charge in [-0.05, 0) is 12.8 Å². The number of rotatable bonds is 5. The van der Waals surface area contributed by atoms with Crippen LogP contribution in [-0.2, 0) is 19.0 Å². The summed E-state index contributed by atoms with van der Waals surface area (Å²) >= 11 is 0. The van der Waals surface area contributed by atoms with Crippen molar-refractivity contribution in [3.63, 3.8) is 0 Å². The molecule has 0 radical (unpaired) electrons. The Bertz CT molecular complexity index is 420. The number of carbonyl (C=O) groups is 1. The highest BCUT2D eigenvalue weighted by atomic mass is 19.4. The molecule has 0 aromatic carbocycles. The number of carbonyl (C=O) groups excluding carboxylic acids is 1. The largest absolute Gasteiger partial charge is 0.411 e. The Balaban J connectivity index is 0.000000924. The third kappa shape index (κ3) is 4.67. The van der Waals surface area contributed by atoms with Gasteiger partial charge in [-0.25, -0.2) is 0 Å². The minimum Gasteiger partial charge on any atom is -0.372 e. The minimum absolute atomic E-state index is 0.0194. The first-order valence-electron chi connectivity index (χ1n) is 8.27. The van der Waals surface area contributed by atoms with E-state index >= 15 is 0 Å². The van der Waals surface area contributed by atoms with Crippen LogP contribution in [0.2, 0.25) is 0 Å². The average molecular weight is 338 g/mol. The van der Waals surface area contributed by atoms with Crippen molar-refractivity contribution in [3.8, 4) is 0 Å². The van der Waals surface area contributed by atoms with E-state index in [0.29, 0.717) is 19.4 Å². The second-order valence-corrected chi connectivity index (χ2v) is 6.33. The molecule has 0 amide bonds. The monoisotopic (exact) mass is 338 g/mol. The Morgan fingerprint density at radius 3 is 2.57 bits per heavy atom. The molecule has 2 saturated heterocycles. The molecule has 0 aromatic rings. The Labute approximate surface area is 134 Å². The lowest BCUT2D eigenvalue weighted by Crippen LogP contribution is -2.40. The molecule has 7 heteroatoms. The first kappa shape index (κ1) is 18.7. The first-order chi connectivity index (χ1) is 10.8. The Kier molecular flexibility index (Phi) is 5.74. The zero-order valence-corrected chi connectivity index (χ0v) is 13.8. The molecule has 3 fully saturated rings. The number of hydrogen-bond donors (Lipinski definition) is 0. The Hall–Kier alpha value is -0.660. The summed E-state index contributed by atoms with van der Waals surface area (Å²) in [5.74, 6) is 0.300. The van der Waals surface area contributed by atoms with Crippen LogP contribution in [0.3, 0.4) is 0 Å². The average Bonchev–Trinajstić information content (AvgIpc) is 3.38. The topological polar surface area (TPSA) is 51.4 Å². The van der Waals surface area contributed by atoms with E-state index in [1.54, 1.807) is 0 Å². The van der Waals surface area contributed by atoms with Crippen LogP contribution >= 0.6 is 0 Å². The number of halogens is 3. The van der Waals surface area contributed by atoms with E-state index in [-0.39, 0.29) is 42.0 Å². The van der Waals surface area contributed by atoms with Gasteiger partial charge in [0.05, 0.1) is 24.4 Å². The summed E-state index contributed by atoms with van der Waals surface area (Å²) in [6, 6.07) is 0. The molecule has 2 aliphatic heterocycles. The molecule has 0 aromatic heterocycles. The number of alkyl halides is 3. The summed E-state index contributed by atoms with van der Waals surface area (Å²) < 4.78 is 51.5. The lowest BCUT2D eigenvalue weighted by molar-refractivity contribution is -0.174. The molecule has 134 valence electrons. The molecule has 1 saturated carbocycles. The van der Waals surface area contributed by atoms with E-state index in [4.69, 9.17) is 9.47 Å². The number of ether oxygens (including phenoxy) is 3. The number of ketones is 1. The molecule has 4 nitrogen and oxygen atoms in total. The van der Waals surface area contributed by atoms with Crippen molar-refractivity contribution >= 4 is 5.78 Å². The maximum atomic E-state index is 11.9. The van der Waals surface area contributed by atoms with Gasteiger partial charge in [0.1, 0.15) is 12.4 Å². The van der Waals surface area contributed by atoms with E-state index < -0.39 is 12.8 Å². The Morgan fingerprint density at radius 1 is 1.35 bits per heavy atom. The molecule has 3 rings (SSSR count). The predicted octanol–water partition coefficient (Wildman–Crippen LogP) is 3.13. The zero-order valence-electron chi connectivity index (χ0n) is 13.8. The second-order valence-electron chi connectivity index (χ2n) is 6.33. The van der Waals surface area contributed by atoms with Crippen molar-refractivity contribution in [1.29, 1.82) is 0 Å². The molecule has 5 atom stereocenters. The van der Waals surface area contributed by atoms with Gasteiger partial charge in [0.2, 0.25) is 0 Å². The standard InChI is InChI=1S/C14H19F3O4.C2H6/c1-8-5-13(6-20-13)9(4-10(8)18)12-11(21-12)2-3-19-7-14(15,16)17;1-2/h8-9,11-12H,2-7H2,1H3;1-2H3. The molecule has 0 bridgehead atoms. The minimum atomic E-state index is -4.29. The van der Waals surface area contributed by atoms with E-state index in [2.05, 4.69) is 4.74 Å². The fourth-order valence-corrected chi connectivity index (χ4v) is 3.36. The summed E-state index contributed by atoms with van der Waals surface area (Å²) in [6.07, 6.45) is -2.86. The molecule has 23 heavy (non-hydrogen) atoms. The third-order valence-corrected chi connectivity index (χ3v) is 4.64. The van der Waals surface area contributed by atoms with Crippen LogP contribution in [0.15, 0.2) is 0 Å². The van der Waals surface area contributed by atoms with Crippen LogP contribution in [0.4, 0.5) is 13.2 Å². The van der Waals surface area contributed by atoms with Crippen LogP contribution in [0.5, 0.6) is 0 Å². The second kappa shape index (κ2) is 7.07. The molecule has 2 heterocycles. The molecule has 1 aliphatic carbocycles. The third-order valence-electron chi connectivity index (χ3n) is 4.64. The van der Waals surface area contributed by atoms with Gasteiger partial charge in [0, 0.05) is 24.9 Å². The van der Waals surface area contributed by atoms with Gasteiger partial charge >= 0.3 is 6.18 Å². The van der Waals surface area contributed by atoms with Gasteiger partial charge in [0.25, 0.3) is 0 Å². The van der Waals surface area contributed by atoms with E-state index in [9.17, 15) is 18.0 Å². The maximum absolute atomic E-state index is 11.9. The summed E-state index contributed by atoms with van der Waals surface area (Å²) in [5, 5.41) is 0. The van der Waals surface area contributed by atoms with Gasteiger partial charge in [-0.15, -0.1) is 0 Å². The quantitative estimate of drug-likeness (QED) is 0.571. The SMILES string of the molecule is CC.CC1CC2(CO2)C(C2OC2CCOCC(F)(F)F)CC1=O. The molecule has 5 unspecified atom stereocenters. The summed E-state index contributed by atoms with van der Waals surface area (Å²) in [4.78, 5) is 11.9. The highest BCUT2D eigenvalue weighted by molar-refractivity contribution is 5.82.